The van der Waals surface area contributed by atoms with E-state index in [1.54, 1.807) is 12.1 Å². The van der Waals surface area contributed by atoms with Crippen LogP contribution >= 0.6 is 0 Å². The van der Waals surface area contributed by atoms with E-state index in [-0.39, 0.29) is 0 Å². The minimum absolute atomic E-state index is 0.359. The molecule has 1 aliphatic rings. The summed E-state index contributed by atoms with van der Waals surface area (Å²) in [6.07, 6.45) is 0. The van der Waals surface area contributed by atoms with Gasteiger partial charge in [-0.05, 0) is 11.6 Å². The maximum atomic E-state index is 12.9. The molecule has 1 fully saturated rings. The summed E-state index contributed by atoms with van der Waals surface area (Å²) in [6, 6.07) is 16.7. The summed E-state index contributed by atoms with van der Waals surface area (Å²) in [4.78, 5) is 0.359. The highest BCUT2D eigenvalue weighted by molar-refractivity contribution is 7.89. The minimum Gasteiger partial charge on any atom is -0.379 e. The number of morpholine rings is 1. The largest absolute Gasteiger partial charge is 0.379 e. The van der Waals surface area contributed by atoms with Gasteiger partial charge in [-0.1, -0.05) is 48.5 Å². The van der Waals surface area contributed by atoms with E-state index in [4.69, 9.17) is 4.74 Å². The SMILES string of the molecule is O=S(=O)(c1ccccc1-c1ccccc1)N1CCOCC1. The van der Waals surface area contributed by atoms with Crippen LogP contribution in [-0.2, 0) is 14.8 Å². The average molecular weight is 303 g/mol. The minimum atomic E-state index is -3.49. The van der Waals surface area contributed by atoms with Crippen LogP contribution in [0.15, 0.2) is 59.5 Å². The van der Waals surface area contributed by atoms with Crippen LogP contribution in [0.25, 0.3) is 11.1 Å². The lowest BCUT2D eigenvalue weighted by molar-refractivity contribution is 0.0730. The molecule has 0 unspecified atom stereocenters. The molecule has 2 aromatic carbocycles. The lowest BCUT2D eigenvalue weighted by Crippen LogP contribution is -2.40. The predicted molar refractivity (Wildman–Crippen MR) is 81.5 cm³/mol. The molecule has 0 amide bonds. The Labute approximate surface area is 125 Å². The summed E-state index contributed by atoms with van der Waals surface area (Å²) in [5.41, 5.74) is 1.65. The fourth-order valence-electron chi connectivity index (χ4n) is 2.47. The molecular formula is C16H17NO3S. The zero-order valence-electron chi connectivity index (χ0n) is 11.6. The summed E-state index contributed by atoms with van der Waals surface area (Å²) in [7, 11) is -3.49. The number of hydrogen-bond acceptors (Lipinski definition) is 3. The van der Waals surface area contributed by atoms with Crippen LogP contribution in [0, 0.1) is 0 Å². The Kier molecular flexibility index (Phi) is 4.05. The van der Waals surface area contributed by atoms with E-state index in [0.29, 0.717) is 31.2 Å². The van der Waals surface area contributed by atoms with E-state index in [1.165, 1.54) is 4.31 Å². The van der Waals surface area contributed by atoms with E-state index < -0.39 is 10.0 Å². The van der Waals surface area contributed by atoms with Gasteiger partial charge in [0.15, 0.2) is 0 Å². The highest BCUT2D eigenvalue weighted by Gasteiger charge is 2.28. The van der Waals surface area contributed by atoms with Gasteiger partial charge in [0.1, 0.15) is 0 Å². The molecule has 0 spiro atoms. The quantitative estimate of drug-likeness (QED) is 0.874. The number of nitrogens with zero attached hydrogens (tertiary/aromatic N) is 1. The summed E-state index contributed by atoms with van der Waals surface area (Å²) in [5.74, 6) is 0. The van der Waals surface area contributed by atoms with Crippen LogP contribution in [0.4, 0.5) is 0 Å². The normalized spacial score (nSPS) is 16.8. The van der Waals surface area contributed by atoms with Crippen molar-refractivity contribution in [3.63, 3.8) is 0 Å². The first kappa shape index (κ1) is 14.3. The summed E-state index contributed by atoms with van der Waals surface area (Å²) in [5, 5.41) is 0. The van der Waals surface area contributed by atoms with Crippen molar-refractivity contribution in [3.8, 4) is 11.1 Å². The van der Waals surface area contributed by atoms with Crippen molar-refractivity contribution in [2.24, 2.45) is 0 Å². The van der Waals surface area contributed by atoms with Crippen molar-refractivity contribution in [1.82, 2.24) is 4.31 Å². The van der Waals surface area contributed by atoms with E-state index in [9.17, 15) is 8.42 Å². The first-order valence-corrected chi connectivity index (χ1v) is 8.36. The lowest BCUT2D eigenvalue weighted by Gasteiger charge is -2.27. The molecular weight excluding hydrogens is 286 g/mol. The fourth-order valence-corrected chi connectivity index (χ4v) is 4.10. The molecule has 0 radical (unpaired) electrons. The highest BCUT2D eigenvalue weighted by atomic mass is 32.2. The summed E-state index contributed by atoms with van der Waals surface area (Å²) < 4.78 is 32.4. The van der Waals surface area contributed by atoms with E-state index in [0.717, 1.165) is 11.1 Å². The third-order valence-electron chi connectivity index (χ3n) is 3.56. The molecule has 1 heterocycles. The van der Waals surface area contributed by atoms with Crippen LogP contribution in [0.3, 0.4) is 0 Å². The molecule has 1 saturated heterocycles. The number of sulfonamides is 1. The van der Waals surface area contributed by atoms with Crippen molar-refractivity contribution in [3.05, 3.63) is 54.6 Å². The monoisotopic (exact) mass is 303 g/mol. The molecule has 0 aliphatic carbocycles. The second kappa shape index (κ2) is 5.97. The second-order valence-corrected chi connectivity index (χ2v) is 6.78. The highest BCUT2D eigenvalue weighted by Crippen LogP contribution is 2.29. The zero-order chi connectivity index (χ0) is 14.7. The molecule has 0 saturated carbocycles. The average Bonchev–Trinajstić information content (AvgIpc) is 2.56. The molecule has 0 N–H and O–H groups in total. The second-order valence-electron chi connectivity index (χ2n) is 4.88. The molecule has 110 valence electrons. The Morgan fingerprint density at radius 1 is 0.857 bits per heavy atom. The predicted octanol–water partition coefficient (Wildman–Crippen LogP) is 2.37. The van der Waals surface area contributed by atoms with Gasteiger partial charge in [0, 0.05) is 18.7 Å². The van der Waals surface area contributed by atoms with Gasteiger partial charge in [0.25, 0.3) is 0 Å². The molecule has 0 atom stereocenters. The Morgan fingerprint density at radius 3 is 2.19 bits per heavy atom. The van der Waals surface area contributed by atoms with E-state index >= 15 is 0 Å². The molecule has 4 nitrogen and oxygen atoms in total. The lowest BCUT2D eigenvalue weighted by atomic mass is 10.1. The van der Waals surface area contributed by atoms with Gasteiger partial charge >= 0.3 is 0 Å². The molecule has 0 aromatic heterocycles. The molecule has 21 heavy (non-hydrogen) atoms. The van der Waals surface area contributed by atoms with Crippen molar-refractivity contribution in [1.29, 1.82) is 0 Å². The van der Waals surface area contributed by atoms with E-state index in [1.807, 2.05) is 42.5 Å². The number of hydrogen-bond donors (Lipinski definition) is 0. The van der Waals surface area contributed by atoms with Crippen LogP contribution in [0.2, 0.25) is 0 Å². The van der Waals surface area contributed by atoms with Gasteiger partial charge in [0.05, 0.1) is 18.1 Å². The number of rotatable bonds is 3. The molecule has 1 aliphatic heterocycles. The van der Waals surface area contributed by atoms with Crippen LogP contribution < -0.4 is 0 Å². The third-order valence-corrected chi connectivity index (χ3v) is 5.52. The van der Waals surface area contributed by atoms with Gasteiger partial charge in [-0.3, -0.25) is 0 Å². The van der Waals surface area contributed by atoms with Crippen LogP contribution in [0.1, 0.15) is 0 Å². The van der Waals surface area contributed by atoms with Gasteiger partial charge in [-0.15, -0.1) is 0 Å². The Balaban J connectivity index is 2.06. The van der Waals surface area contributed by atoms with Crippen molar-refractivity contribution in [2.75, 3.05) is 26.3 Å². The zero-order valence-corrected chi connectivity index (χ0v) is 12.4. The van der Waals surface area contributed by atoms with E-state index in [2.05, 4.69) is 0 Å². The summed E-state index contributed by atoms with van der Waals surface area (Å²) in [6.45, 7) is 1.72. The standard InChI is InChI=1S/C16H17NO3S/c18-21(19,17-10-12-20-13-11-17)16-9-5-4-8-15(16)14-6-2-1-3-7-14/h1-9H,10-13H2. The van der Waals surface area contributed by atoms with Crippen LogP contribution in [-0.4, -0.2) is 39.0 Å². The molecule has 3 rings (SSSR count). The van der Waals surface area contributed by atoms with Crippen molar-refractivity contribution >= 4 is 10.0 Å². The summed E-state index contributed by atoms with van der Waals surface area (Å²) >= 11 is 0. The van der Waals surface area contributed by atoms with Crippen molar-refractivity contribution in [2.45, 2.75) is 4.90 Å². The first-order chi connectivity index (χ1) is 10.2. The molecule has 5 heteroatoms. The smallest absolute Gasteiger partial charge is 0.243 e. The van der Waals surface area contributed by atoms with Gasteiger partial charge in [-0.2, -0.15) is 4.31 Å². The first-order valence-electron chi connectivity index (χ1n) is 6.92. The van der Waals surface area contributed by atoms with Gasteiger partial charge < -0.3 is 4.74 Å². The maximum Gasteiger partial charge on any atom is 0.243 e. The van der Waals surface area contributed by atoms with Crippen molar-refractivity contribution < 1.29 is 13.2 Å². The fraction of sp³-hybridized carbons (Fsp3) is 0.250. The molecule has 0 bridgehead atoms. The topological polar surface area (TPSA) is 46.6 Å². The third kappa shape index (κ3) is 2.85. The van der Waals surface area contributed by atoms with Gasteiger partial charge in [-0.25, -0.2) is 8.42 Å². The Morgan fingerprint density at radius 2 is 1.48 bits per heavy atom. The number of benzene rings is 2. The number of ether oxygens (including phenoxy) is 1. The Hall–Kier alpha value is -1.69. The molecule has 2 aromatic rings. The Bertz CT molecular complexity index is 707. The van der Waals surface area contributed by atoms with Gasteiger partial charge in [0.2, 0.25) is 10.0 Å². The maximum absolute atomic E-state index is 12.9. The van der Waals surface area contributed by atoms with Crippen LogP contribution in [0.5, 0.6) is 0 Å².